The van der Waals surface area contributed by atoms with Gasteiger partial charge in [0.1, 0.15) is 5.82 Å². The Morgan fingerprint density at radius 1 is 1.05 bits per heavy atom. The second-order valence-corrected chi connectivity index (χ2v) is 10.8. The lowest BCUT2D eigenvalue weighted by atomic mass is 9.84. The van der Waals surface area contributed by atoms with Crippen molar-refractivity contribution in [1.82, 2.24) is 15.6 Å². The van der Waals surface area contributed by atoms with Crippen molar-refractivity contribution in [2.45, 2.75) is 58.1 Å². The molecule has 1 aliphatic heterocycles. The summed E-state index contributed by atoms with van der Waals surface area (Å²) in [6.45, 7) is 5.59. The Hall–Kier alpha value is -3.45. The Balaban J connectivity index is 1.31. The van der Waals surface area contributed by atoms with E-state index in [0.717, 1.165) is 47.1 Å². The fourth-order valence-electron chi connectivity index (χ4n) is 5.97. The summed E-state index contributed by atoms with van der Waals surface area (Å²) in [5.41, 5.74) is 4.20. The third-order valence-corrected chi connectivity index (χ3v) is 8.00. The molecule has 5 rings (SSSR count). The molecule has 0 spiro atoms. The minimum absolute atomic E-state index is 0.0237. The molecule has 7 heteroatoms. The predicted octanol–water partition coefficient (Wildman–Crippen LogP) is 4.21. The molecule has 2 unspecified atom stereocenters. The van der Waals surface area contributed by atoms with Gasteiger partial charge in [-0.2, -0.15) is 0 Å². The lowest BCUT2D eigenvalue weighted by Gasteiger charge is -2.38. The zero-order chi connectivity index (χ0) is 26.6. The summed E-state index contributed by atoms with van der Waals surface area (Å²) in [4.78, 5) is 32.7. The first-order valence-electron chi connectivity index (χ1n) is 13.9. The molecule has 3 aromatic rings. The van der Waals surface area contributed by atoms with Crippen molar-refractivity contribution in [3.05, 3.63) is 60.2 Å². The maximum atomic E-state index is 13.2. The predicted molar refractivity (Wildman–Crippen MR) is 151 cm³/mol. The summed E-state index contributed by atoms with van der Waals surface area (Å²) in [6, 6.07) is 18.6. The molecule has 2 aliphatic rings. The second-order valence-electron chi connectivity index (χ2n) is 10.8. The monoisotopic (exact) mass is 514 g/mol. The largest absolute Gasteiger partial charge is 0.390 e. The van der Waals surface area contributed by atoms with Crippen LogP contribution in [0.15, 0.2) is 54.6 Å². The third-order valence-electron chi connectivity index (χ3n) is 8.00. The standard InChI is InChI=1S/C31H38N4O3/c1-3-32-30(37)22-10-7-11-24(17-22)33-31(38)25-14-15-35(19-28(25)36)29-26(21-8-5-4-6-9-21)18-23-16-20(2)12-13-27(23)34-29/h4-6,8-9,12-13,16,18,22,24-25,28,36H,3,7,10-11,14-15,17,19H2,1-2H3,(H,32,37)(H,33,38)/t22-,24-,25?,28?/m0/s1. The number of carbonyl (C=O) groups excluding carboxylic acids is 2. The number of piperidine rings is 1. The molecule has 3 N–H and O–H groups in total. The molecular weight excluding hydrogens is 476 g/mol. The van der Waals surface area contributed by atoms with Crippen LogP contribution in [0.2, 0.25) is 0 Å². The van der Waals surface area contributed by atoms with E-state index in [9.17, 15) is 14.7 Å². The van der Waals surface area contributed by atoms with Gasteiger partial charge in [-0.25, -0.2) is 4.98 Å². The van der Waals surface area contributed by atoms with E-state index in [-0.39, 0.29) is 23.8 Å². The van der Waals surface area contributed by atoms with E-state index >= 15 is 0 Å². The van der Waals surface area contributed by atoms with Gasteiger partial charge in [-0.05, 0) is 63.3 Å². The minimum Gasteiger partial charge on any atom is -0.390 e. The first kappa shape index (κ1) is 26.2. The Bertz CT molecular complexity index is 1300. The highest BCUT2D eigenvalue weighted by atomic mass is 16.3. The van der Waals surface area contributed by atoms with E-state index in [1.165, 1.54) is 5.56 Å². The number of pyridine rings is 1. The van der Waals surface area contributed by atoms with E-state index < -0.39 is 12.0 Å². The Kier molecular flexibility index (Phi) is 7.93. The summed E-state index contributed by atoms with van der Waals surface area (Å²) in [6.07, 6.45) is 3.06. The number of aromatic nitrogens is 1. The molecule has 2 amide bonds. The summed E-state index contributed by atoms with van der Waals surface area (Å²) < 4.78 is 0. The number of hydrogen-bond donors (Lipinski definition) is 3. The van der Waals surface area contributed by atoms with E-state index in [1.807, 2.05) is 31.2 Å². The highest BCUT2D eigenvalue weighted by Gasteiger charge is 2.36. The van der Waals surface area contributed by atoms with Crippen molar-refractivity contribution in [3.8, 4) is 11.1 Å². The maximum absolute atomic E-state index is 13.2. The maximum Gasteiger partial charge on any atom is 0.226 e. The molecule has 0 bridgehead atoms. The van der Waals surface area contributed by atoms with Crippen LogP contribution in [-0.4, -0.2) is 53.7 Å². The van der Waals surface area contributed by atoms with Crippen LogP contribution in [0.5, 0.6) is 0 Å². The van der Waals surface area contributed by atoms with Gasteiger partial charge in [0.15, 0.2) is 0 Å². The average molecular weight is 515 g/mol. The topological polar surface area (TPSA) is 94.6 Å². The van der Waals surface area contributed by atoms with Gasteiger partial charge in [0.25, 0.3) is 0 Å². The fraction of sp³-hybridized carbons (Fsp3) is 0.452. The van der Waals surface area contributed by atoms with Crippen LogP contribution in [0, 0.1) is 18.8 Å². The average Bonchev–Trinajstić information content (AvgIpc) is 2.93. The van der Waals surface area contributed by atoms with Crippen molar-refractivity contribution in [1.29, 1.82) is 0 Å². The molecule has 38 heavy (non-hydrogen) atoms. The van der Waals surface area contributed by atoms with Gasteiger partial charge in [-0.1, -0.05) is 48.4 Å². The molecule has 1 saturated carbocycles. The van der Waals surface area contributed by atoms with Crippen molar-refractivity contribution in [2.24, 2.45) is 11.8 Å². The zero-order valence-corrected chi connectivity index (χ0v) is 22.3. The number of carbonyl (C=O) groups is 2. The van der Waals surface area contributed by atoms with Crippen molar-refractivity contribution in [3.63, 3.8) is 0 Å². The second kappa shape index (κ2) is 11.5. The van der Waals surface area contributed by atoms with E-state index in [4.69, 9.17) is 4.98 Å². The molecule has 2 heterocycles. The number of aryl methyl sites for hydroxylation is 1. The van der Waals surface area contributed by atoms with Gasteiger partial charge in [-0.3, -0.25) is 9.59 Å². The number of aliphatic hydroxyl groups is 1. The molecular formula is C31H38N4O3. The number of anilines is 1. The van der Waals surface area contributed by atoms with Crippen LogP contribution in [0.4, 0.5) is 5.82 Å². The SMILES string of the molecule is CCNC(=O)[C@H]1CCC[C@H](NC(=O)C2CCN(c3nc4ccc(C)cc4cc3-c3ccccc3)CC2O)C1. The van der Waals surface area contributed by atoms with Crippen LogP contribution in [0.1, 0.15) is 44.6 Å². The summed E-state index contributed by atoms with van der Waals surface area (Å²) >= 11 is 0. The highest BCUT2D eigenvalue weighted by Crippen LogP contribution is 2.35. The molecule has 7 nitrogen and oxygen atoms in total. The normalized spacial score (nSPS) is 23.7. The highest BCUT2D eigenvalue weighted by molar-refractivity contribution is 5.90. The molecule has 4 atom stereocenters. The first-order valence-corrected chi connectivity index (χ1v) is 13.9. The summed E-state index contributed by atoms with van der Waals surface area (Å²) in [5, 5.41) is 18.3. The van der Waals surface area contributed by atoms with Crippen LogP contribution in [0.25, 0.3) is 22.0 Å². The molecule has 200 valence electrons. The van der Waals surface area contributed by atoms with E-state index in [2.05, 4.69) is 52.8 Å². The van der Waals surface area contributed by atoms with E-state index in [1.54, 1.807) is 0 Å². The number of nitrogens with one attached hydrogen (secondary N) is 2. The molecule has 2 fully saturated rings. The zero-order valence-electron chi connectivity index (χ0n) is 22.3. The minimum atomic E-state index is -0.800. The van der Waals surface area contributed by atoms with Gasteiger partial charge < -0.3 is 20.6 Å². The number of aliphatic hydroxyl groups excluding tert-OH is 1. The quantitative estimate of drug-likeness (QED) is 0.458. The van der Waals surface area contributed by atoms with Crippen LogP contribution < -0.4 is 15.5 Å². The lowest BCUT2D eigenvalue weighted by molar-refractivity contribution is -0.131. The summed E-state index contributed by atoms with van der Waals surface area (Å²) in [7, 11) is 0. The molecule has 1 aliphatic carbocycles. The Morgan fingerprint density at radius 3 is 2.63 bits per heavy atom. The molecule has 1 saturated heterocycles. The number of nitrogens with zero attached hydrogens (tertiary/aromatic N) is 2. The number of hydrogen-bond acceptors (Lipinski definition) is 5. The Labute approximate surface area is 224 Å². The molecule has 0 radical (unpaired) electrons. The smallest absolute Gasteiger partial charge is 0.226 e. The van der Waals surface area contributed by atoms with Crippen molar-refractivity contribution < 1.29 is 14.7 Å². The number of rotatable bonds is 6. The number of benzene rings is 2. The van der Waals surface area contributed by atoms with Gasteiger partial charge in [0, 0.05) is 42.5 Å². The van der Waals surface area contributed by atoms with Gasteiger partial charge in [-0.15, -0.1) is 0 Å². The molecule has 2 aromatic carbocycles. The number of β-amino-alcohol motifs (C(OH)–C–C–N with tert-alkyl or cyclic N) is 1. The Morgan fingerprint density at radius 2 is 1.87 bits per heavy atom. The van der Waals surface area contributed by atoms with Crippen LogP contribution in [0.3, 0.4) is 0 Å². The van der Waals surface area contributed by atoms with Gasteiger partial charge >= 0.3 is 0 Å². The number of fused-ring (bicyclic) bond motifs is 1. The van der Waals surface area contributed by atoms with Gasteiger partial charge in [0.05, 0.1) is 17.5 Å². The van der Waals surface area contributed by atoms with Gasteiger partial charge in [0.2, 0.25) is 11.8 Å². The van der Waals surface area contributed by atoms with Crippen LogP contribution in [-0.2, 0) is 9.59 Å². The van der Waals surface area contributed by atoms with Crippen molar-refractivity contribution >= 4 is 28.5 Å². The first-order chi connectivity index (χ1) is 18.4. The van der Waals surface area contributed by atoms with E-state index in [0.29, 0.717) is 32.5 Å². The number of amides is 2. The lowest BCUT2D eigenvalue weighted by Crippen LogP contribution is -2.52. The van der Waals surface area contributed by atoms with Crippen LogP contribution >= 0.6 is 0 Å². The fourth-order valence-corrected chi connectivity index (χ4v) is 5.97. The third kappa shape index (κ3) is 5.68. The summed E-state index contributed by atoms with van der Waals surface area (Å²) in [5.74, 6) is 0.276. The van der Waals surface area contributed by atoms with Crippen molar-refractivity contribution in [2.75, 3.05) is 24.5 Å². The molecule has 1 aromatic heterocycles.